The van der Waals surface area contributed by atoms with Gasteiger partial charge in [-0.3, -0.25) is 0 Å². The molecule has 0 aromatic carbocycles. The number of ether oxygens (including phenoxy) is 1. The average molecular weight is 433 g/mol. The van der Waals surface area contributed by atoms with Crippen molar-refractivity contribution in [3.05, 3.63) is 12.1 Å². The highest BCUT2D eigenvalue weighted by atomic mass is 32.1. The molecule has 0 bridgehead atoms. The number of aromatic nitrogens is 3. The van der Waals surface area contributed by atoms with Crippen molar-refractivity contribution in [3.63, 3.8) is 0 Å². The summed E-state index contributed by atoms with van der Waals surface area (Å²) in [5, 5.41) is 3.94. The lowest BCUT2D eigenvalue weighted by molar-refractivity contribution is -0.159. The molecule has 1 amide bonds. The number of carbonyl (C=O) groups excluding carboxylic acids is 1. The van der Waals surface area contributed by atoms with Crippen LogP contribution in [0.1, 0.15) is 40.0 Å². The van der Waals surface area contributed by atoms with Crippen LogP contribution in [-0.4, -0.2) is 57.4 Å². The van der Waals surface area contributed by atoms with E-state index in [4.69, 9.17) is 4.74 Å². The predicted molar refractivity (Wildman–Crippen MR) is 99.6 cm³/mol. The van der Waals surface area contributed by atoms with Gasteiger partial charge in [0, 0.05) is 19.6 Å². The van der Waals surface area contributed by atoms with E-state index in [2.05, 4.69) is 19.6 Å². The van der Waals surface area contributed by atoms with Crippen LogP contribution in [0.5, 0.6) is 0 Å². The van der Waals surface area contributed by atoms with Gasteiger partial charge in [0.05, 0.1) is 17.1 Å². The van der Waals surface area contributed by atoms with Gasteiger partial charge in [-0.25, -0.2) is 9.78 Å². The predicted octanol–water partition coefficient (Wildman–Crippen LogP) is 4.05. The van der Waals surface area contributed by atoms with Crippen molar-refractivity contribution < 1.29 is 27.2 Å². The number of thiazole rings is 1. The van der Waals surface area contributed by atoms with Crippen LogP contribution in [0.15, 0.2) is 10.7 Å². The molecule has 2 aromatic heterocycles. The van der Waals surface area contributed by atoms with E-state index in [1.54, 1.807) is 11.9 Å². The third kappa shape index (κ3) is 4.80. The summed E-state index contributed by atoms with van der Waals surface area (Å²) in [6.07, 6.45) is -2.83. The number of hydrogen-bond acceptors (Lipinski definition) is 8. The second-order valence-electron chi connectivity index (χ2n) is 7.93. The number of rotatable bonds is 4. The number of alkyl halides is 3. The van der Waals surface area contributed by atoms with E-state index < -0.39 is 17.7 Å². The fourth-order valence-electron chi connectivity index (χ4n) is 3.03. The average Bonchev–Trinajstić information content (AvgIpc) is 3.20. The summed E-state index contributed by atoms with van der Waals surface area (Å²) >= 11 is 1.14. The maximum absolute atomic E-state index is 12.6. The fraction of sp³-hybridized carbons (Fsp3) is 0.647. The van der Waals surface area contributed by atoms with E-state index in [0.717, 1.165) is 17.8 Å². The van der Waals surface area contributed by atoms with Crippen molar-refractivity contribution in [2.45, 2.75) is 58.0 Å². The first-order chi connectivity index (χ1) is 13.3. The molecule has 1 fully saturated rings. The topological polar surface area (TPSA) is 84.6 Å². The van der Waals surface area contributed by atoms with E-state index in [0.29, 0.717) is 16.6 Å². The molecular formula is C17H22F3N5O3S. The van der Waals surface area contributed by atoms with E-state index >= 15 is 0 Å². The van der Waals surface area contributed by atoms with Crippen LogP contribution in [0.3, 0.4) is 0 Å². The van der Waals surface area contributed by atoms with Crippen LogP contribution in [-0.2, 0) is 10.9 Å². The second-order valence-corrected chi connectivity index (χ2v) is 8.94. The van der Waals surface area contributed by atoms with Gasteiger partial charge < -0.3 is 19.1 Å². The zero-order valence-electron chi connectivity index (χ0n) is 16.6. The van der Waals surface area contributed by atoms with Gasteiger partial charge in [-0.05, 0) is 34.1 Å². The molecule has 3 heterocycles. The lowest BCUT2D eigenvalue weighted by atomic mass is 9.94. The Hall–Kier alpha value is -2.37. The number of nitrogens with zero attached hydrogens (tertiary/aromatic N) is 5. The summed E-state index contributed by atoms with van der Waals surface area (Å²) in [6, 6.07) is 0.0365. The van der Waals surface area contributed by atoms with E-state index in [-0.39, 0.29) is 24.0 Å². The smallest absolute Gasteiger partial charge is 0.444 e. The largest absolute Gasteiger partial charge is 0.471 e. The maximum atomic E-state index is 12.6. The number of anilines is 1. The highest BCUT2D eigenvalue weighted by Crippen LogP contribution is 2.34. The fourth-order valence-corrected chi connectivity index (χ4v) is 3.84. The van der Waals surface area contributed by atoms with Gasteiger partial charge in [-0.15, -0.1) is 0 Å². The van der Waals surface area contributed by atoms with Crippen LogP contribution in [0.2, 0.25) is 0 Å². The van der Waals surface area contributed by atoms with Gasteiger partial charge in [0.25, 0.3) is 0 Å². The molecule has 2 aromatic rings. The summed E-state index contributed by atoms with van der Waals surface area (Å²) in [6.45, 7) is 7.91. The lowest BCUT2D eigenvalue weighted by Crippen LogP contribution is -2.61. The molecule has 3 rings (SSSR count). The van der Waals surface area contributed by atoms with Gasteiger partial charge >= 0.3 is 18.2 Å². The molecule has 0 aliphatic carbocycles. The van der Waals surface area contributed by atoms with Gasteiger partial charge in [0.1, 0.15) is 5.60 Å². The molecule has 8 nitrogen and oxygen atoms in total. The Morgan fingerprint density at radius 1 is 1.41 bits per heavy atom. The van der Waals surface area contributed by atoms with Gasteiger partial charge in [-0.1, -0.05) is 16.5 Å². The first kappa shape index (κ1) is 21.3. The Balaban J connectivity index is 1.65. The Morgan fingerprint density at radius 2 is 2.10 bits per heavy atom. The number of likely N-dealkylation sites (N-methyl/N-ethyl adjacent to an activating group) is 1. The van der Waals surface area contributed by atoms with Crippen LogP contribution in [0.25, 0.3) is 10.7 Å². The number of likely N-dealkylation sites (tertiary alicyclic amines) is 1. The summed E-state index contributed by atoms with van der Waals surface area (Å²) < 4.78 is 47.6. The quantitative estimate of drug-likeness (QED) is 0.719. The number of carbonyl (C=O) groups is 1. The van der Waals surface area contributed by atoms with Crippen LogP contribution < -0.4 is 4.90 Å². The first-order valence-corrected chi connectivity index (χ1v) is 9.76. The maximum Gasteiger partial charge on any atom is 0.471 e. The first-order valence-electron chi connectivity index (χ1n) is 8.94. The molecule has 160 valence electrons. The number of amides is 1. The molecule has 1 saturated heterocycles. The van der Waals surface area contributed by atoms with Gasteiger partial charge in [-0.2, -0.15) is 18.2 Å². The van der Waals surface area contributed by atoms with E-state index in [1.807, 2.05) is 32.6 Å². The van der Waals surface area contributed by atoms with E-state index in [1.165, 1.54) is 6.20 Å². The standard InChI is InChI=1S/C17H22F3N5O3S/c1-9-6-10(25(9)15(26)27-16(2,3)4)8-24(5)14-21-7-11(29-14)12-22-13(28-23-12)17(18,19)20/h7,9-10H,6,8H2,1-5H3. The number of hydrogen-bond donors (Lipinski definition) is 0. The molecule has 0 saturated carbocycles. The molecule has 12 heteroatoms. The minimum Gasteiger partial charge on any atom is -0.444 e. The van der Waals surface area contributed by atoms with Crippen molar-refractivity contribution >= 4 is 22.6 Å². The zero-order valence-corrected chi connectivity index (χ0v) is 17.5. The lowest BCUT2D eigenvalue weighted by Gasteiger charge is -2.48. The van der Waals surface area contributed by atoms with Crippen molar-refractivity contribution in [2.75, 3.05) is 18.5 Å². The van der Waals surface area contributed by atoms with Gasteiger partial charge in [0.15, 0.2) is 5.13 Å². The minimum atomic E-state index is -4.69. The third-order valence-electron chi connectivity index (χ3n) is 4.28. The molecular weight excluding hydrogens is 411 g/mol. The van der Waals surface area contributed by atoms with Crippen LogP contribution in [0.4, 0.5) is 23.1 Å². The molecule has 2 unspecified atom stereocenters. The second kappa shape index (κ2) is 7.47. The highest BCUT2D eigenvalue weighted by molar-refractivity contribution is 7.18. The molecule has 0 N–H and O–H groups in total. The molecule has 0 spiro atoms. The van der Waals surface area contributed by atoms with Crippen LogP contribution >= 0.6 is 11.3 Å². The molecule has 29 heavy (non-hydrogen) atoms. The van der Waals surface area contributed by atoms with Crippen LogP contribution in [0, 0.1) is 0 Å². The number of halogens is 3. The third-order valence-corrected chi connectivity index (χ3v) is 5.39. The Bertz CT molecular complexity index is 876. The van der Waals surface area contributed by atoms with Crippen molar-refractivity contribution in [1.82, 2.24) is 20.0 Å². The SMILES string of the molecule is CC1CC(CN(C)c2ncc(-c3noc(C(F)(F)F)n3)s2)N1C(=O)OC(C)(C)C. The molecule has 0 radical (unpaired) electrons. The highest BCUT2D eigenvalue weighted by Gasteiger charge is 2.42. The summed E-state index contributed by atoms with van der Waals surface area (Å²) in [7, 11) is 1.80. The molecule has 2 atom stereocenters. The Labute approximate surface area is 169 Å². The summed E-state index contributed by atoms with van der Waals surface area (Å²) in [5.41, 5.74) is -0.576. The normalized spacial score (nSPS) is 19.8. The van der Waals surface area contributed by atoms with Crippen molar-refractivity contribution in [3.8, 4) is 10.7 Å². The Kier molecular flexibility index (Phi) is 5.50. The minimum absolute atomic E-state index is 0.0424. The van der Waals surface area contributed by atoms with E-state index in [9.17, 15) is 18.0 Å². The summed E-state index contributed by atoms with van der Waals surface area (Å²) in [5.74, 6) is -1.56. The van der Waals surface area contributed by atoms with Gasteiger partial charge in [0.2, 0.25) is 5.82 Å². The summed E-state index contributed by atoms with van der Waals surface area (Å²) in [4.78, 5) is 23.9. The van der Waals surface area contributed by atoms with Crippen molar-refractivity contribution in [1.29, 1.82) is 0 Å². The zero-order chi connectivity index (χ0) is 21.6. The van der Waals surface area contributed by atoms with Crippen molar-refractivity contribution in [2.24, 2.45) is 0 Å². The monoisotopic (exact) mass is 433 g/mol. The Morgan fingerprint density at radius 3 is 2.66 bits per heavy atom. The molecule has 1 aliphatic rings. The molecule has 1 aliphatic heterocycles.